The van der Waals surface area contributed by atoms with Crippen LogP contribution < -0.4 is 0 Å². The number of carboxylic acid groups (broad SMARTS) is 1. The van der Waals surface area contributed by atoms with Crippen LogP contribution in [-0.2, 0) is 9.59 Å². The topological polar surface area (TPSA) is 74.6 Å². The third kappa shape index (κ3) is 2.33. The SMILES string of the molecule is CC12CCC3/C(=C/CC(=O)O)C(=O)CCC3C1CCC2O. The van der Waals surface area contributed by atoms with Crippen molar-refractivity contribution in [3.05, 3.63) is 11.6 Å². The van der Waals surface area contributed by atoms with Gasteiger partial charge in [-0.1, -0.05) is 13.0 Å². The van der Waals surface area contributed by atoms with Gasteiger partial charge in [-0.15, -0.1) is 0 Å². The standard InChI is InChI=1S/C17H24O4/c1-17-9-8-10-11(13(17)4-6-15(17)19)2-5-14(18)12(10)3-7-16(20)21/h3,10-11,13,15,19H,2,4-9H2,1H3,(H,20,21)/b12-3-. The third-order valence-electron chi connectivity index (χ3n) is 6.31. The summed E-state index contributed by atoms with van der Waals surface area (Å²) in [7, 11) is 0. The summed E-state index contributed by atoms with van der Waals surface area (Å²) in [5.74, 6) is 0.397. The second-order valence-electron chi connectivity index (χ2n) is 7.23. The summed E-state index contributed by atoms with van der Waals surface area (Å²) in [4.78, 5) is 23.0. The number of hydrogen-bond donors (Lipinski definition) is 2. The molecule has 0 amide bonds. The number of carboxylic acids is 1. The van der Waals surface area contributed by atoms with Crippen LogP contribution in [0.15, 0.2) is 11.6 Å². The molecule has 3 aliphatic rings. The fourth-order valence-electron chi connectivity index (χ4n) is 5.16. The van der Waals surface area contributed by atoms with E-state index in [1.807, 2.05) is 0 Å². The molecule has 4 heteroatoms. The number of carbonyl (C=O) groups excluding carboxylic acids is 1. The zero-order chi connectivity index (χ0) is 15.2. The third-order valence-corrected chi connectivity index (χ3v) is 6.31. The van der Waals surface area contributed by atoms with Gasteiger partial charge in [0.1, 0.15) is 0 Å². The smallest absolute Gasteiger partial charge is 0.307 e. The Morgan fingerprint density at radius 2 is 2.10 bits per heavy atom. The van der Waals surface area contributed by atoms with Crippen LogP contribution in [0.3, 0.4) is 0 Å². The van der Waals surface area contributed by atoms with Gasteiger partial charge in [0, 0.05) is 6.42 Å². The first-order valence-electron chi connectivity index (χ1n) is 8.06. The molecule has 0 spiro atoms. The lowest BCUT2D eigenvalue weighted by atomic mass is 9.55. The highest BCUT2D eigenvalue weighted by Crippen LogP contribution is 2.59. The number of Topliss-reactive ketones (excluding diaryl/α,β-unsaturated/α-hetero) is 1. The fraction of sp³-hybridized carbons (Fsp3) is 0.765. The quantitative estimate of drug-likeness (QED) is 0.767. The fourth-order valence-corrected chi connectivity index (χ4v) is 5.16. The van der Waals surface area contributed by atoms with E-state index in [0.717, 1.165) is 37.7 Å². The molecular formula is C17H24O4. The zero-order valence-corrected chi connectivity index (χ0v) is 12.5. The molecule has 21 heavy (non-hydrogen) atoms. The molecule has 2 N–H and O–H groups in total. The lowest BCUT2D eigenvalue weighted by molar-refractivity contribution is -0.136. The lowest BCUT2D eigenvalue weighted by Crippen LogP contribution is -2.46. The minimum absolute atomic E-state index is 0.000533. The number of aliphatic carboxylic acids is 1. The van der Waals surface area contributed by atoms with E-state index in [1.54, 1.807) is 6.08 Å². The molecule has 3 fully saturated rings. The number of fused-ring (bicyclic) bond motifs is 3. The number of carbonyl (C=O) groups is 2. The Labute approximate surface area is 125 Å². The minimum atomic E-state index is -0.880. The zero-order valence-electron chi connectivity index (χ0n) is 12.5. The first kappa shape index (κ1) is 14.8. The summed E-state index contributed by atoms with van der Waals surface area (Å²) in [6.45, 7) is 2.20. The summed E-state index contributed by atoms with van der Waals surface area (Å²) in [5.41, 5.74) is 0.761. The van der Waals surface area contributed by atoms with Crippen LogP contribution in [0.1, 0.15) is 51.9 Å². The van der Waals surface area contributed by atoms with Gasteiger partial charge >= 0.3 is 5.97 Å². The number of ketones is 1. The van der Waals surface area contributed by atoms with E-state index >= 15 is 0 Å². The highest BCUT2D eigenvalue weighted by atomic mass is 16.4. The minimum Gasteiger partial charge on any atom is -0.481 e. The number of allylic oxidation sites excluding steroid dienone is 1. The number of aliphatic hydroxyl groups excluding tert-OH is 1. The van der Waals surface area contributed by atoms with Gasteiger partial charge in [0.25, 0.3) is 0 Å². The van der Waals surface area contributed by atoms with Crippen molar-refractivity contribution in [3.8, 4) is 0 Å². The van der Waals surface area contributed by atoms with Gasteiger partial charge in [-0.3, -0.25) is 9.59 Å². The van der Waals surface area contributed by atoms with Gasteiger partial charge in [-0.25, -0.2) is 0 Å². The Morgan fingerprint density at radius 1 is 1.33 bits per heavy atom. The van der Waals surface area contributed by atoms with Gasteiger partial charge in [-0.05, 0) is 60.8 Å². The van der Waals surface area contributed by atoms with Crippen LogP contribution in [-0.4, -0.2) is 28.1 Å². The van der Waals surface area contributed by atoms with Crippen molar-refractivity contribution in [2.45, 2.75) is 58.0 Å². The maximum absolute atomic E-state index is 12.2. The van der Waals surface area contributed by atoms with Gasteiger partial charge < -0.3 is 10.2 Å². The molecule has 0 heterocycles. The van der Waals surface area contributed by atoms with E-state index in [-0.39, 0.29) is 29.6 Å². The number of rotatable bonds is 2. The van der Waals surface area contributed by atoms with E-state index in [0.29, 0.717) is 18.3 Å². The van der Waals surface area contributed by atoms with Crippen LogP contribution in [0.5, 0.6) is 0 Å². The molecule has 116 valence electrons. The molecule has 0 saturated heterocycles. The molecule has 3 saturated carbocycles. The van der Waals surface area contributed by atoms with Crippen molar-refractivity contribution >= 4 is 11.8 Å². The van der Waals surface area contributed by atoms with Crippen molar-refractivity contribution in [2.75, 3.05) is 0 Å². The Morgan fingerprint density at radius 3 is 2.81 bits per heavy atom. The second-order valence-corrected chi connectivity index (χ2v) is 7.23. The van der Waals surface area contributed by atoms with E-state index < -0.39 is 5.97 Å². The molecule has 0 aromatic carbocycles. The molecule has 0 aromatic rings. The summed E-state index contributed by atoms with van der Waals surface area (Å²) in [6, 6.07) is 0. The molecule has 0 radical (unpaired) electrons. The first-order valence-corrected chi connectivity index (χ1v) is 8.06. The van der Waals surface area contributed by atoms with Crippen molar-refractivity contribution < 1.29 is 19.8 Å². The predicted octanol–water partition coefficient (Wildman–Crippen LogP) is 2.55. The molecule has 4 nitrogen and oxygen atoms in total. The monoisotopic (exact) mass is 292 g/mol. The Hall–Kier alpha value is -1.16. The predicted molar refractivity (Wildman–Crippen MR) is 77.6 cm³/mol. The molecule has 3 aliphatic carbocycles. The van der Waals surface area contributed by atoms with Crippen LogP contribution in [0.4, 0.5) is 0 Å². The summed E-state index contributed by atoms with van der Waals surface area (Å²) in [5, 5.41) is 19.2. The molecular weight excluding hydrogens is 268 g/mol. The second kappa shape index (κ2) is 5.24. The van der Waals surface area contributed by atoms with Crippen LogP contribution >= 0.6 is 0 Å². The van der Waals surface area contributed by atoms with Crippen LogP contribution in [0.25, 0.3) is 0 Å². The van der Waals surface area contributed by atoms with Crippen LogP contribution in [0.2, 0.25) is 0 Å². The average molecular weight is 292 g/mol. The summed E-state index contributed by atoms with van der Waals surface area (Å²) in [6.07, 6.45) is 6.57. The maximum atomic E-state index is 12.2. The van der Waals surface area contributed by atoms with E-state index in [9.17, 15) is 14.7 Å². The van der Waals surface area contributed by atoms with Crippen molar-refractivity contribution in [1.82, 2.24) is 0 Å². The van der Waals surface area contributed by atoms with Gasteiger partial charge in [-0.2, -0.15) is 0 Å². The molecule has 5 atom stereocenters. The average Bonchev–Trinajstić information content (AvgIpc) is 2.74. The summed E-state index contributed by atoms with van der Waals surface area (Å²) >= 11 is 0. The molecule has 5 unspecified atom stereocenters. The Kier molecular flexibility index (Phi) is 3.68. The number of aliphatic hydroxyl groups is 1. The van der Waals surface area contributed by atoms with Gasteiger partial charge in [0.2, 0.25) is 0 Å². The number of hydrogen-bond acceptors (Lipinski definition) is 3. The molecule has 0 aromatic heterocycles. The van der Waals surface area contributed by atoms with E-state index in [2.05, 4.69) is 6.92 Å². The highest BCUT2D eigenvalue weighted by molar-refractivity contribution is 5.97. The van der Waals surface area contributed by atoms with Gasteiger partial charge in [0.05, 0.1) is 12.5 Å². The Balaban J connectivity index is 1.87. The van der Waals surface area contributed by atoms with Crippen LogP contribution in [0, 0.1) is 23.2 Å². The van der Waals surface area contributed by atoms with Gasteiger partial charge in [0.15, 0.2) is 5.78 Å². The van der Waals surface area contributed by atoms with E-state index in [4.69, 9.17) is 5.11 Å². The van der Waals surface area contributed by atoms with E-state index in [1.165, 1.54) is 0 Å². The Bertz CT molecular complexity index is 495. The first-order chi connectivity index (χ1) is 9.93. The highest BCUT2D eigenvalue weighted by Gasteiger charge is 2.55. The van der Waals surface area contributed by atoms with Crippen molar-refractivity contribution in [2.24, 2.45) is 23.2 Å². The molecule has 3 rings (SSSR count). The largest absolute Gasteiger partial charge is 0.481 e. The summed E-state index contributed by atoms with van der Waals surface area (Å²) < 4.78 is 0. The lowest BCUT2D eigenvalue weighted by Gasteiger charge is -2.50. The molecule has 0 bridgehead atoms. The normalized spacial score (nSPS) is 44.5. The van der Waals surface area contributed by atoms with Crippen molar-refractivity contribution in [1.29, 1.82) is 0 Å². The molecule has 0 aliphatic heterocycles. The van der Waals surface area contributed by atoms with Crippen molar-refractivity contribution in [3.63, 3.8) is 0 Å². The maximum Gasteiger partial charge on any atom is 0.307 e.